The molecule has 6 rings (SSSR count). The summed E-state index contributed by atoms with van der Waals surface area (Å²) in [5.74, 6) is 0.118. The number of carboxylic acids is 2. The fourth-order valence-electron chi connectivity index (χ4n) is 4.50. The summed E-state index contributed by atoms with van der Waals surface area (Å²) in [6, 6.07) is 19.9. The van der Waals surface area contributed by atoms with Crippen LogP contribution in [0.25, 0.3) is 0 Å². The van der Waals surface area contributed by atoms with Crippen molar-refractivity contribution in [2.45, 2.75) is 23.0 Å². The molecule has 292 valence electrons. The largest absolute Gasteiger partial charge is 0.485 e. The van der Waals surface area contributed by atoms with Gasteiger partial charge in [0.25, 0.3) is 0 Å². The molecule has 2 aromatic heterocycles. The van der Waals surface area contributed by atoms with Crippen molar-refractivity contribution < 1.29 is 55.6 Å². The molecule has 56 heavy (non-hydrogen) atoms. The van der Waals surface area contributed by atoms with Crippen LogP contribution in [0.2, 0.25) is 0 Å². The Kier molecular flexibility index (Phi) is 12.2. The van der Waals surface area contributed by atoms with Gasteiger partial charge in [0, 0.05) is 31.7 Å². The number of aryl methyl sites for hydroxylation is 2. The topological polar surface area (TPSA) is 267 Å². The Morgan fingerprint density at radius 3 is 1.43 bits per heavy atom. The third-order valence-corrected chi connectivity index (χ3v) is 9.48. The van der Waals surface area contributed by atoms with Crippen molar-refractivity contribution in [1.29, 1.82) is 0 Å². The summed E-state index contributed by atoms with van der Waals surface area (Å²) >= 11 is 0. The fourth-order valence-corrected chi connectivity index (χ4v) is 5.76. The number of carboxylic acid groups (broad SMARTS) is 2. The number of benzene rings is 4. The number of ether oxygens (including phenoxy) is 4. The predicted octanol–water partition coefficient (Wildman–Crippen LogP) is 3.37. The van der Waals surface area contributed by atoms with Gasteiger partial charge in [-0.3, -0.25) is 0 Å². The van der Waals surface area contributed by atoms with Crippen molar-refractivity contribution in [1.82, 2.24) is 40.4 Å². The summed E-state index contributed by atoms with van der Waals surface area (Å²) < 4.78 is 69.9. The molecule has 0 fully saturated rings. The van der Waals surface area contributed by atoms with E-state index >= 15 is 0 Å². The number of sulfone groups is 2. The van der Waals surface area contributed by atoms with E-state index in [1.165, 1.54) is 94.4 Å². The quantitative estimate of drug-likeness (QED) is 0.160. The van der Waals surface area contributed by atoms with E-state index in [0.717, 1.165) is 12.5 Å². The molecule has 0 saturated carbocycles. The summed E-state index contributed by atoms with van der Waals surface area (Å²) in [6.07, 6.45) is 2.21. The predicted molar refractivity (Wildman–Crippen MR) is 192 cm³/mol. The number of rotatable bonds is 14. The van der Waals surface area contributed by atoms with Crippen LogP contribution in [-0.4, -0.2) is 91.9 Å². The average Bonchev–Trinajstić information content (AvgIpc) is 3.76. The van der Waals surface area contributed by atoms with Crippen LogP contribution in [0.5, 0.6) is 34.5 Å². The van der Waals surface area contributed by atoms with Crippen molar-refractivity contribution >= 4 is 31.6 Å². The summed E-state index contributed by atoms with van der Waals surface area (Å²) in [5, 5.41) is 41.0. The van der Waals surface area contributed by atoms with Crippen molar-refractivity contribution in [2.75, 3.05) is 12.5 Å². The number of aromatic nitrogens is 8. The van der Waals surface area contributed by atoms with Gasteiger partial charge in [-0.25, -0.2) is 31.1 Å². The lowest BCUT2D eigenvalue weighted by molar-refractivity contribution is 0.0685. The molecule has 0 unspecified atom stereocenters. The van der Waals surface area contributed by atoms with E-state index in [0.29, 0.717) is 23.1 Å². The number of nitrogens with zero attached hydrogens (tertiary/aromatic N) is 8. The number of carbonyl (C=O) groups is 2. The van der Waals surface area contributed by atoms with Crippen LogP contribution in [0, 0.1) is 0 Å². The molecule has 0 atom stereocenters. The first kappa shape index (κ1) is 40.2. The van der Waals surface area contributed by atoms with Crippen molar-refractivity contribution in [3.8, 4) is 34.5 Å². The Hall–Kier alpha value is -6.94. The van der Waals surface area contributed by atoms with E-state index in [2.05, 4.69) is 30.9 Å². The maximum Gasteiger partial charge on any atom is 0.335 e. The second-order valence-corrected chi connectivity index (χ2v) is 15.7. The van der Waals surface area contributed by atoms with Gasteiger partial charge in [0.15, 0.2) is 32.1 Å². The molecule has 4 aromatic carbocycles. The molecule has 0 spiro atoms. The molecule has 0 radical (unpaired) electrons. The standard InChI is InChI=1S/2C17H16N4O6S/c1-21-16(18-19-20-21)10-26-13-7-11(17(22)23)8-14(9-13)27-12-3-5-15(6-4-12)28(2,24)25;1-21-19-16(18-20-21)10-26-13-7-11(17(22)23)8-14(9-13)27-12-3-5-15(6-4-12)28(2,24)25/h2*3-9H,10H2,1-2H3,(H,22,23). The number of aromatic carboxylic acids is 2. The van der Waals surface area contributed by atoms with E-state index in [9.17, 15) is 36.6 Å². The van der Waals surface area contributed by atoms with Crippen LogP contribution in [0.4, 0.5) is 0 Å². The third-order valence-electron chi connectivity index (χ3n) is 7.22. The Balaban J connectivity index is 0.000000214. The maximum absolute atomic E-state index is 11.5. The fraction of sp³-hybridized carbons (Fsp3) is 0.176. The summed E-state index contributed by atoms with van der Waals surface area (Å²) in [5.41, 5.74) is -0.0660. The van der Waals surface area contributed by atoms with E-state index in [1.54, 1.807) is 14.1 Å². The molecular formula is C34H32N8O12S2. The highest BCUT2D eigenvalue weighted by atomic mass is 32.2. The van der Waals surface area contributed by atoms with Gasteiger partial charge in [0.05, 0.1) is 28.0 Å². The Morgan fingerprint density at radius 1 is 0.607 bits per heavy atom. The molecule has 0 saturated heterocycles. The zero-order valence-corrected chi connectivity index (χ0v) is 31.5. The summed E-state index contributed by atoms with van der Waals surface area (Å²) in [6.45, 7) is 0.0362. The zero-order chi connectivity index (χ0) is 40.6. The van der Waals surface area contributed by atoms with Crippen LogP contribution in [0.1, 0.15) is 32.4 Å². The van der Waals surface area contributed by atoms with Crippen molar-refractivity contribution in [3.05, 3.63) is 108 Å². The molecule has 0 aliphatic rings. The normalized spacial score (nSPS) is 11.2. The second-order valence-electron chi connectivity index (χ2n) is 11.7. The minimum Gasteiger partial charge on any atom is -0.485 e. The molecule has 22 heteroatoms. The van der Waals surface area contributed by atoms with Crippen LogP contribution in [0.3, 0.4) is 0 Å². The van der Waals surface area contributed by atoms with Gasteiger partial charge in [0.2, 0.25) is 5.82 Å². The minimum atomic E-state index is -3.32. The van der Waals surface area contributed by atoms with Crippen LogP contribution in [0.15, 0.2) is 94.7 Å². The van der Waals surface area contributed by atoms with Gasteiger partial charge in [0.1, 0.15) is 41.1 Å². The Labute approximate surface area is 318 Å². The van der Waals surface area contributed by atoms with Gasteiger partial charge in [-0.15, -0.1) is 15.3 Å². The zero-order valence-electron chi connectivity index (χ0n) is 29.9. The minimum absolute atomic E-state index is 0.000586. The number of tetrazole rings is 2. The highest BCUT2D eigenvalue weighted by molar-refractivity contribution is 7.91. The second kappa shape index (κ2) is 17.0. The maximum atomic E-state index is 11.5. The molecule has 0 aliphatic heterocycles. The first-order chi connectivity index (χ1) is 26.4. The van der Waals surface area contributed by atoms with Crippen LogP contribution >= 0.6 is 0 Å². The molecule has 20 nitrogen and oxygen atoms in total. The molecule has 2 N–H and O–H groups in total. The monoisotopic (exact) mass is 808 g/mol. The number of hydrogen-bond acceptors (Lipinski definition) is 16. The van der Waals surface area contributed by atoms with E-state index < -0.39 is 31.6 Å². The first-order valence-electron chi connectivity index (χ1n) is 15.9. The first-order valence-corrected chi connectivity index (χ1v) is 19.6. The average molecular weight is 809 g/mol. The van der Waals surface area contributed by atoms with Gasteiger partial charge in [-0.05, 0) is 88.4 Å². The van der Waals surface area contributed by atoms with Gasteiger partial charge in [-0.2, -0.15) is 4.80 Å². The number of hydrogen-bond donors (Lipinski definition) is 2. The summed E-state index contributed by atoms with van der Waals surface area (Å²) in [4.78, 5) is 24.3. The van der Waals surface area contributed by atoms with E-state index in [1.807, 2.05) is 0 Å². The highest BCUT2D eigenvalue weighted by Gasteiger charge is 2.14. The highest BCUT2D eigenvalue weighted by Crippen LogP contribution is 2.30. The van der Waals surface area contributed by atoms with Crippen LogP contribution in [-0.2, 0) is 47.0 Å². The molecule has 6 aromatic rings. The van der Waals surface area contributed by atoms with Crippen LogP contribution < -0.4 is 18.9 Å². The van der Waals surface area contributed by atoms with Crippen molar-refractivity contribution in [3.63, 3.8) is 0 Å². The summed E-state index contributed by atoms with van der Waals surface area (Å²) in [7, 11) is -3.37. The lowest BCUT2D eigenvalue weighted by Gasteiger charge is -2.11. The Bertz CT molecular complexity index is 2580. The SMILES string of the molecule is Cn1nnc(COc2cc(Oc3ccc(S(C)(=O)=O)cc3)cc(C(=O)O)c2)n1.Cn1nnnc1COc1cc(Oc2ccc(S(C)(=O)=O)cc2)cc(C(=O)O)c1. The van der Waals surface area contributed by atoms with Crippen molar-refractivity contribution in [2.24, 2.45) is 14.1 Å². The van der Waals surface area contributed by atoms with E-state index in [4.69, 9.17) is 18.9 Å². The molecule has 2 heterocycles. The smallest absolute Gasteiger partial charge is 0.335 e. The lowest BCUT2D eigenvalue weighted by Crippen LogP contribution is -2.05. The molecular weight excluding hydrogens is 777 g/mol. The Morgan fingerprint density at radius 2 is 1.05 bits per heavy atom. The van der Waals surface area contributed by atoms with Gasteiger partial charge < -0.3 is 29.2 Å². The molecule has 0 bridgehead atoms. The lowest BCUT2D eigenvalue weighted by atomic mass is 10.2. The molecule has 0 amide bonds. The third kappa shape index (κ3) is 11.3. The van der Waals surface area contributed by atoms with Gasteiger partial charge >= 0.3 is 11.9 Å². The molecule has 0 aliphatic carbocycles. The van der Waals surface area contributed by atoms with E-state index in [-0.39, 0.29) is 57.1 Å². The van der Waals surface area contributed by atoms with Gasteiger partial charge in [-0.1, -0.05) is 0 Å².